The number of hydrogen-bond acceptors (Lipinski definition) is 4. The van der Waals surface area contributed by atoms with E-state index in [9.17, 15) is 4.79 Å². The van der Waals surface area contributed by atoms with Gasteiger partial charge in [0, 0.05) is 16.8 Å². The fourth-order valence-electron chi connectivity index (χ4n) is 3.03. The fourth-order valence-corrected chi connectivity index (χ4v) is 3.28. The Morgan fingerprint density at radius 3 is 2.61 bits per heavy atom. The molecule has 0 spiro atoms. The Bertz CT molecular complexity index is 780. The summed E-state index contributed by atoms with van der Waals surface area (Å²) in [4.78, 5) is 14.0. The molecule has 0 bridgehead atoms. The molecule has 2 aromatic carbocycles. The van der Waals surface area contributed by atoms with Crippen LogP contribution in [0.4, 0.5) is 5.69 Å². The Kier molecular flexibility index (Phi) is 3.39. The summed E-state index contributed by atoms with van der Waals surface area (Å²) < 4.78 is 11.1. The van der Waals surface area contributed by atoms with Crippen molar-refractivity contribution in [1.82, 2.24) is 0 Å². The zero-order valence-corrected chi connectivity index (χ0v) is 13.0. The van der Waals surface area contributed by atoms with Crippen molar-refractivity contribution in [2.24, 2.45) is 5.73 Å². The molecule has 2 N–H and O–H groups in total. The fraction of sp³-hybridized carbons (Fsp3) is 0.235. The number of halogens is 1. The van der Waals surface area contributed by atoms with Gasteiger partial charge in [0.25, 0.3) is 0 Å². The number of hydrogen-bond donors (Lipinski definition) is 1. The van der Waals surface area contributed by atoms with Gasteiger partial charge in [0.15, 0.2) is 11.5 Å². The van der Waals surface area contributed by atoms with Crippen molar-refractivity contribution in [2.75, 3.05) is 18.1 Å². The molecule has 1 amide bonds. The molecule has 0 aliphatic carbocycles. The number of carbonyl (C=O) groups excluding carboxylic acids is 1. The molecule has 118 valence electrons. The lowest BCUT2D eigenvalue weighted by atomic mass is 9.88. The third kappa shape index (κ3) is 2.24. The van der Waals surface area contributed by atoms with Crippen LogP contribution >= 0.6 is 11.6 Å². The molecule has 1 saturated heterocycles. The van der Waals surface area contributed by atoms with Gasteiger partial charge in [-0.2, -0.15) is 0 Å². The summed E-state index contributed by atoms with van der Waals surface area (Å²) in [5, 5.41) is 0.600. The lowest BCUT2D eigenvalue weighted by Gasteiger charge is -2.46. The van der Waals surface area contributed by atoms with Crippen LogP contribution in [0.15, 0.2) is 42.5 Å². The number of β-lactam (4-membered cyclic amide) rings is 1. The molecule has 0 radical (unpaired) electrons. The van der Waals surface area contributed by atoms with Gasteiger partial charge in [-0.15, -0.1) is 0 Å². The van der Waals surface area contributed by atoms with Crippen LogP contribution < -0.4 is 20.1 Å². The quantitative estimate of drug-likeness (QED) is 0.859. The van der Waals surface area contributed by atoms with Crippen molar-refractivity contribution in [3.05, 3.63) is 53.1 Å². The second-order valence-electron chi connectivity index (χ2n) is 5.53. The first kappa shape index (κ1) is 14.4. The normalized spacial score (nSPS) is 22.7. The SMILES string of the molecule is N[C@H]1C(=O)N(c2ccc3c(c2)OCCO3)[C@H]1c1ccccc1Cl. The number of anilines is 1. The van der Waals surface area contributed by atoms with E-state index in [0.717, 1.165) is 11.3 Å². The molecule has 0 saturated carbocycles. The monoisotopic (exact) mass is 330 g/mol. The maximum absolute atomic E-state index is 12.3. The number of nitrogens with zero attached hydrogens (tertiary/aromatic N) is 1. The summed E-state index contributed by atoms with van der Waals surface area (Å²) in [7, 11) is 0. The average Bonchev–Trinajstić information content (AvgIpc) is 2.59. The van der Waals surface area contributed by atoms with Crippen molar-refractivity contribution in [2.45, 2.75) is 12.1 Å². The summed E-state index contributed by atoms with van der Waals surface area (Å²) in [6.45, 7) is 1.03. The first-order valence-corrected chi connectivity index (χ1v) is 7.77. The smallest absolute Gasteiger partial charge is 0.247 e. The third-order valence-electron chi connectivity index (χ3n) is 4.17. The Morgan fingerprint density at radius 2 is 1.83 bits per heavy atom. The summed E-state index contributed by atoms with van der Waals surface area (Å²) in [5.41, 5.74) is 7.60. The lowest BCUT2D eigenvalue weighted by Crippen LogP contribution is -2.63. The van der Waals surface area contributed by atoms with Gasteiger partial charge in [-0.25, -0.2) is 0 Å². The summed E-state index contributed by atoms with van der Waals surface area (Å²) in [5.74, 6) is 1.19. The zero-order valence-electron chi connectivity index (χ0n) is 12.2. The first-order valence-electron chi connectivity index (χ1n) is 7.39. The minimum atomic E-state index is -0.594. The predicted molar refractivity (Wildman–Crippen MR) is 87.1 cm³/mol. The van der Waals surface area contributed by atoms with Gasteiger partial charge >= 0.3 is 0 Å². The van der Waals surface area contributed by atoms with E-state index in [2.05, 4.69) is 0 Å². The van der Waals surface area contributed by atoms with Crippen LogP contribution in [-0.4, -0.2) is 25.2 Å². The molecule has 5 nitrogen and oxygen atoms in total. The van der Waals surface area contributed by atoms with E-state index in [1.807, 2.05) is 36.4 Å². The second-order valence-corrected chi connectivity index (χ2v) is 5.94. The number of ether oxygens (including phenoxy) is 2. The molecule has 4 rings (SSSR count). The largest absolute Gasteiger partial charge is 0.486 e. The molecule has 23 heavy (non-hydrogen) atoms. The van der Waals surface area contributed by atoms with Gasteiger partial charge in [0.2, 0.25) is 5.91 Å². The van der Waals surface area contributed by atoms with E-state index >= 15 is 0 Å². The van der Waals surface area contributed by atoms with Gasteiger partial charge in [-0.1, -0.05) is 29.8 Å². The van der Waals surface area contributed by atoms with Crippen molar-refractivity contribution in [1.29, 1.82) is 0 Å². The van der Waals surface area contributed by atoms with Crippen LogP contribution in [0, 0.1) is 0 Å². The van der Waals surface area contributed by atoms with Gasteiger partial charge in [0.1, 0.15) is 19.3 Å². The van der Waals surface area contributed by atoms with Crippen molar-refractivity contribution in [3.8, 4) is 11.5 Å². The molecule has 0 aromatic heterocycles. The van der Waals surface area contributed by atoms with E-state index < -0.39 is 6.04 Å². The molecular formula is C17H15ClN2O3. The van der Waals surface area contributed by atoms with E-state index in [1.54, 1.807) is 11.0 Å². The summed E-state index contributed by atoms with van der Waals surface area (Å²) in [6.07, 6.45) is 0. The van der Waals surface area contributed by atoms with Gasteiger partial charge in [0.05, 0.1) is 6.04 Å². The predicted octanol–water partition coefficient (Wildman–Crippen LogP) is 2.53. The van der Waals surface area contributed by atoms with Crippen molar-refractivity contribution >= 4 is 23.2 Å². The first-order chi connectivity index (χ1) is 11.2. The Labute approximate surface area is 138 Å². The van der Waals surface area contributed by atoms with E-state index in [0.29, 0.717) is 29.7 Å². The van der Waals surface area contributed by atoms with Crippen LogP contribution in [-0.2, 0) is 4.79 Å². The Balaban J connectivity index is 1.72. The van der Waals surface area contributed by atoms with Crippen LogP contribution in [0.5, 0.6) is 11.5 Å². The molecule has 2 atom stereocenters. The number of rotatable bonds is 2. The van der Waals surface area contributed by atoms with Gasteiger partial charge < -0.3 is 20.1 Å². The Hall–Kier alpha value is -2.24. The highest BCUT2D eigenvalue weighted by Crippen LogP contribution is 2.43. The highest BCUT2D eigenvalue weighted by Gasteiger charge is 2.47. The summed E-state index contributed by atoms with van der Waals surface area (Å²) >= 11 is 6.27. The maximum Gasteiger partial charge on any atom is 0.247 e. The number of amides is 1. The minimum Gasteiger partial charge on any atom is -0.486 e. The molecule has 2 aromatic rings. The lowest BCUT2D eigenvalue weighted by molar-refractivity contribution is -0.126. The third-order valence-corrected chi connectivity index (χ3v) is 4.51. The topological polar surface area (TPSA) is 64.8 Å². The van der Waals surface area contributed by atoms with Crippen LogP contribution in [0.25, 0.3) is 0 Å². The van der Waals surface area contributed by atoms with Crippen LogP contribution in [0.1, 0.15) is 11.6 Å². The highest BCUT2D eigenvalue weighted by molar-refractivity contribution is 6.31. The minimum absolute atomic E-state index is 0.133. The van der Waals surface area contributed by atoms with Crippen molar-refractivity contribution < 1.29 is 14.3 Å². The highest BCUT2D eigenvalue weighted by atomic mass is 35.5. The Morgan fingerprint density at radius 1 is 1.09 bits per heavy atom. The van der Waals surface area contributed by atoms with Crippen LogP contribution in [0.3, 0.4) is 0 Å². The molecule has 6 heteroatoms. The standard InChI is InChI=1S/C17H15ClN2O3/c18-12-4-2-1-3-11(12)16-15(19)17(21)20(16)10-5-6-13-14(9-10)23-8-7-22-13/h1-6,9,15-16H,7-8,19H2/t15-,16+/m1/s1. The van der Waals surface area contributed by atoms with E-state index in [-0.39, 0.29) is 11.9 Å². The van der Waals surface area contributed by atoms with Crippen LogP contribution in [0.2, 0.25) is 5.02 Å². The average molecular weight is 331 g/mol. The molecule has 1 fully saturated rings. The number of nitrogens with two attached hydrogens (primary N) is 1. The number of carbonyl (C=O) groups is 1. The van der Waals surface area contributed by atoms with E-state index in [1.165, 1.54) is 0 Å². The summed E-state index contributed by atoms with van der Waals surface area (Å²) in [6, 6.07) is 12.0. The number of benzene rings is 2. The van der Waals surface area contributed by atoms with Crippen molar-refractivity contribution in [3.63, 3.8) is 0 Å². The van der Waals surface area contributed by atoms with Gasteiger partial charge in [-0.05, 0) is 23.8 Å². The molecule has 2 heterocycles. The second kappa shape index (κ2) is 5.44. The maximum atomic E-state index is 12.3. The molecule has 2 aliphatic rings. The molecular weight excluding hydrogens is 316 g/mol. The van der Waals surface area contributed by atoms with Gasteiger partial charge in [-0.3, -0.25) is 4.79 Å². The molecule has 2 aliphatic heterocycles. The van der Waals surface area contributed by atoms with E-state index in [4.69, 9.17) is 26.8 Å². The molecule has 0 unspecified atom stereocenters. The number of fused-ring (bicyclic) bond motifs is 1. The zero-order chi connectivity index (χ0) is 16.0.